The minimum absolute atomic E-state index is 0.305. The van der Waals surface area contributed by atoms with E-state index < -0.39 is 23.1 Å². The summed E-state index contributed by atoms with van der Waals surface area (Å²) in [5, 5.41) is 11.8. The van der Waals surface area contributed by atoms with Crippen LogP contribution in [-0.4, -0.2) is 29.8 Å². The van der Waals surface area contributed by atoms with E-state index in [1.54, 1.807) is 6.92 Å². The van der Waals surface area contributed by atoms with Crippen LogP contribution in [0.5, 0.6) is 5.75 Å². The van der Waals surface area contributed by atoms with Gasteiger partial charge in [-0.25, -0.2) is 8.78 Å². The van der Waals surface area contributed by atoms with Gasteiger partial charge in [0.15, 0.2) is 11.6 Å². The van der Waals surface area contributed by atoms with Gasteiger partial charge in [0.2, 0.25) is 0 Å². The molecule has 4 nitrogen and oxygen atoms in total. The Morgan fingerprint density at radius 2 is 2.17 bits per heavy atom. The number of hydrogen-bond donors (Lipinski definition) is 2. The fraction of sp³-hybridized carbons (Fsp3) is 0.417. The second kappa shape index (κ2) is 5.77. The topological polar surface area (TPSA) is 58.6 Å². The molecule has 1 unspecified atom stereocenters. The van der Waals surface area contributed by atoms with Crippen molar-refractivity contribution in [2.24, 2.45) is 0 Å². The lowest BCUT2D eigenvalue weighted by atomic mass is 10.0. The summed E-state index contributed by atoms with van der Waals surface area (Å²) in [7, 11) is 0. The minimum atomic E-state index is -1.35. The summed E-state index contributed by atoms with van der Waals surface area (Å²) in [6.07, 6.45) is 0. The smallest absolute Gasteiger partial charge is 0.327 e. The van der Waals surface area contributed by atoms with E-state index in [1.807, 2.05) is 0 Å². The highest BCUT2D eigenvalue weighted by Gasteiger charge is 2.33. The number of rotatable bonds is 6. The van der Waals surface area contributed by atoms with E-state index in [0.29, 0.717) is 6.54 Å². The lowest BCUT2D eigenvalue weighted by molar-refractivity contribution is -0.145. The average molecular weight is 259 g/mol. The molecular formula is C12H15F2NO3. The first-order chi connectivity index (χ1) is 8.39. The van der Waals surface area contributed by atoms with Crippen molar-refractivity contribution in [3.63, 3.8) is 0 Å². The Morgan fingerprint density at radius 1 is 1.50 bits per heavy atom. The van der Waals surface area contributed by atoms with E-state index in [-0.39, 0.29) is 12.4 Å². The number of likely N-dealkylation sites (N-methyl/N-ethyl adjacent to an activating group) is 1. The first-order valence-corrected chi connectivity index (χ1v) is 5.45. The molecule has 100 valence electrons. The molecule has 0 aliphatic carbocycles. The van der Waals surface area contributed by atoms with E-state index in [2.05, 4.69) is 5.32 Å². The Hall–Kier alpha value is -1.69. The molecule has 1 aromatic carbocycles. The number of carboxylic acids is 1. The highest BCUT2D eigenvalue weighted by molar-refractivity contribution is 5.78. The van der Waals surface area contributed by atoms with Crippen LogP contribution in [0.3, 0.4) is 0 Å². The van der Waals surface area contributed by atoms with Crippen LogP contribution in [0.4, 0.5) is 8.78 Å². The summed E-state index contributed by atoms with van der Waals surface area (Å²) in [5.41, 5.74) is -1.35. The predicted molar refractivity (Wildman–Crippen MR) is 61.6 cm³/mol. The van der Waals surface area contributed by atoms with Crippen molar-refractivity contribution >= 4 is 5.97 Å². The SMILES string of the molecule is CCNC(C)(COc1cc(F)ccc1F)C(=O)O. The molecule has 2 N–H and O–H groups in total. The molecular weight excluding hydrogens is 244 g/mol. The predicted octanol–water partition coefficient (Wildman–Crippen LogP) is 1.80. The molecule has 0 saturated heterocycles. The second-order valence-electron chi connectivity index (χ2n) is 4.03. The fourth-order valence-electron chi connectivity index (χ4n) is 1.39. The molecule has 0 aromatic heterocycles. The van der Waals surface area contributed by atoms with Crippen LogP contribution in [-0.2, 0) is 4.79 Å². The van der Waals surface area contributed by atoms with Crippen LogP contribution >= 0.6 is 0 Å². The lowest BCUT2D eigenvalue weighted by Crippen LogP contribution is -2.53. The molecule has 0 amide bonds. The summed E-state index contributed by atoms with van der Waals surface area (Å²) in [4.78, 5) is 11.1. The van der Waals surface area contributed by atoms with Crippen molar-refractivity contribution in [2.45, 2.75) is 19.4 Å². The molecule has 1 rings (SSSR count). The van der Waals surface area contributed by atoms with E-state index in [4.69, 9.17) is 9.84 Å². The van der Waals surface area contributed by atoms with E-state index >= 15 is 0 Å². The zero-order chi connectivity index (χ0) is 13.8. The molecule has 0 saturated carbocycles. The Bertz CT molecular complexity index is 439. The van der Waals surface area contributed by atoms with Crippen LogP contribution in [0.15, 0.2) is 18.2 Å². The molecule has 18 heavy (non-hydrogen) atoms. The molecule has 6 heteroatoms. The number of nitrogens with one attached hydrogen (secondary N) is 1. The molecule has 0 heterocycles. The van der Waals surface area contributed by atoms with Gasteiger partial charge < -0.3 is 9.84 Å². The Balaban J connectivity index is 2.79. The number of aliphatic carboxylic acids is 1. The van der Waals surface area contributed by atoms with Crippen molar-refractivity contribution in [1.82, 2.24) is 5.32 Å². The zero-order valence-electron chi connectivity index (χ0n) is 10.2. The minimum Gasteiger partial charge on any atom is -0.488 e. The molecule has 1 atom stereocenters. The van der Waals surface area contributed by atoms with Crippen molar-refractivity contribution in [1.29, 1.82) is 0 Å². The van der Waals surface area contributed by atoms with Gasteiger partial charge >= 0.3 is 5.97 Å². The molecule has 0 bridgehead atoms. The van der Waals surface area contributed by atoms with Crippen LogP contribution in [0.25, 0.3) is 0 Å². The average Bonchev–Trinajstić information content (AvgIpc) is 2.30. The maximum Gasteiger partial charge on any atom is 0.327 e. The van der Waals surface area contributed by atoms with Crippen LogP contribution < -0.4 is 10.1 Å². The van der Waals surface area contributed by atoms with Gasteiger partial charge in [0.05, 0.1) is 0 Å². The van der Waals surface area contributed by atoms with E-state index in [0.717, 1.165) is 18.2 Å². The highest BCUT2D eigenvalue weighted by atomic mass is 19.1. The maximum atomic E-state index is 13.3. The fourth-order valence-corrected chi connectivity index (χ4v) is 1.39. The maximum absolute atomic E-state index is 13.3. The van der Waals surface area contributed by atoms with Gasteiger partial charge in [-0.2, -0.15) is 0 Å². The van der Waals surface area contributed by atoms with Gasteiger partial charge in [0.25, 0.3) is 0 Å². The third-order valence-electron chi connectivity index (χ3n) is 2.45. The van der Waals surface area contributed by atoms with Crippen molar-refractivity contribution in [2.75, 3.05) is 13.2 Å². The Morgan fingerprint density at radius 3 is 2.72 bits per heavy atom. The van der Waals surface area contributed by atoms with Gasteiger partial charge in [-0.05, 0) is 25.6 Å². The monoisotopic (exact) mass is 259 g/mol. The quantitative estimate of drug-likeness (QED) is 0.817. The van der Waals surface area contributed by atoms with Gasteiger partial charge in [-0.1, -0.05) is 6.92 Å². The number of ether oxygens (including phenoxy) is 1. The van der Waals surface area contributed by atoms with Crippen LogP contribution in [0, 0.1) is 11.6 Å². The highest BCUT2D eigenvalue weighted by Crippen LogP contribution is 2.19. The van der Waals surface area contributed by atoms with Gasteiger partial charge in [0.1, 0.15) is 18.0 Å². The standard InChI is InChI=1S/C12H15F2NO3/c1-3-15-12(2,11(16)17)7-18-10-6-8(13)4-5-9(10)14/h4-6,15H,3,7H2,1-2H3,(H,16,17). The molecule has 0 radical (unpaired) electrons. The summed E-state index contributed by atoms with van der Waals surface area (Å²) < 4.78 is 31.2. The molecule has 0 aliphatic heterocycles. The van der Waals surface area contributed by atoms with Crippen LogP contribution in [0.1, 0.15) is 13.8 Å². The number of carbonyl (C=O) groups is 1. The zero-order valence-corrected chi connectivity index (χ0v) is 10.2. The molecule has 0 fully saturated rings. The van der Waals surface area contributed by atoms with Crippen molar-refractivity contribution < 1.29 is 23.4 Å². The molecule has 0 spiro atoms. The van der Waals surface area contributed by atoms with Gasteiger partial charge in [-0.3, -0.25) is 10.1 Å². The van der Waals surface area contributed by atoms with Crippen LogP contribution in [0.2, 0.25) is 0 Å². The summed E-state index contributed by atoms with van der Waals surface area (Å²) in [5.74, 6) is -2.81. The Kier molecular flexibility index (Phi) is 4.61. The lowest BCUT2D eigenvalue weighted by Gasteiger charge is -2.25. The third-order valence-corrected chi connectivity index (χ3v) is 2.45. The molecule has 1 aromatic rings. The van der Waals surface area contributed by atoms with Gasteiger partial charge in [-0.15, -0.1) is 0 Å². The third kappa shape index (κ3) is 3.40. The summed E-state index contributed by atoms with van der Waals surface area (Å²) in [6, 6.07) is 2.77. The number of hydrogen-bond acceptors (Lipinski definition) is 3. The summed E-state index contributed by atoms with van der Waals surface area (Å²) in [6.45, 7) is 3.26. The first kappa shape index (κ1) is 14.4. The van der Waals surface area contributed by atoms with E-state index in [1.165, 1.54) is 6.92 Å². The van der Waals surface area contributed by atoms with E-state index in [9.17, 15) is 13.6 Å². The second-order valence-corrected chi connectivity index (χ2v) is 4.03. The number of carboxylic acid groups (broad SMARTS) is 1. The number of benzene rings is 1. The summed E-state index contributed by atoms with van der Waals surface area (Å²) >= 11 is 0. The van der Waals surface area contributed by atoms with Crippen molar-refractivity contribution in [3.05, 3.63) is 29.8 Å². The largest absolute Gasteiger partial charge is 0.488 e. The van der Waals surface area contributed by atoms with Crippen molar-refractivity contribution in [3.8, 4) is 5.75 Å². The first-order valence-electron chi connectivity index (χ1n) is 5.45. The Labute approximate surface area is 104 Å². The normalized spacial score (nSPS) is 14.0. The molecule has 0 aliphatic rings. The number of halogens is 2. The van der Waals surface area contributed by atoms with Gasteiger partial charge in [0, 0.05) is 6.07 Å².